The Kier molecular flexibility index (Phi) is 8.33. The van der Waals surface area contributed by atoms with Gasteiger partial charge in [-0.05, 0) is 24.6 Å². The van der Waals surface area contributed by atoms with Crippen molar-refractivity contribution in [1.82, 2.24) is 4.31 Å². The maximum atomic E-state index is 12.0. The highest BCUT2D eigenvalue weighted by atomic mass is 35.5. The number of hydrogen-bond donors (Lipinski definition) is 1. The Hall–Kier alpha value is -0.820. The average molecular weight is 381 g/mol. The summed E-state index contributed by atoms with van der Waals surface area (Å²) in [7, 11) is -3.32. The molecule has 0 aliphatic rings. The minimum absolute atomic E-state index is 0.0676. The molecule has 1 rings (SSSR count). The SMILES string of the molecule is CCCCCN(CCC(=O)Nc1ccc(Cl)cc1Cl)S(C)(=O)=O. The van der Waals surface area contributed by atoms with E-state index in [4.69, 9.17) is 23.2 Å². The summed E-state index contributed by atoms with van der Waals surface area (Å²) < 4.78 is 24.8. The van der Waals surface area contributed by atoms with Gasteiger partial charge in [0.1, 0.15) is 0 Å². The molecule has 0 bridgehead atoms. The van der Waals surface area contributed by atoms with Crippen LogP contribution in [0, 0.1) is 0 Å². The Morgan fingerprint density at radius 3 is 2.48 bits per heavy atom. The van der Waals surface area contributed by atoms with E-state index in [0.717, 1.165) is 25.5 Å². The van der Waals surface area contributed by atoms with Crippen molar-refractivity contribution >= 4 is 44.8 Å². The molecule has 1 aromatic carbocycles. The third-order valence-corrected chi connectivity index (χ3v) is 5.12. The number of halogens is 2. The highest BCUT2D eigenvalue weighted by Gasteiger charge is 2.17. The Labute approximate surface area is 148 Å². The van der Waals surface area contributed by atoms with Crippen molar-refractivity contribution in [3.05, 3.63) is 28.2 Å². The number of hydrogen-bond acceptors (Lipinski definition) is 3. The molecule has 0 spiro atoms. The molecule has 0 fully saturated rings. The molecule has 0 heterocycles. The molecule has 0 radical (unpaired) electrons. The van der Waals surface area contributed by atoms with Gasteiger partial charge in [0.05, 0.1) is 17.0 Å². The van der Waals surface area contributed by atoms with Gasteiger partial charge >= 0.3 is 0 Å². The molecule has 0 unspecified atom stereocenters. The van der Waals surface area contributed by atoms with Gasteiger partial charge in [-0.2, -0.15) is 0 Å². The standard InChI is InChI=1S/C15H22Cl2N2O3S/c1-3-4-5-9-19(23(2,21)22)10-8-15(20)18-14-7-6-12(16)11-13(14)17/h6-7,11H,3-5,8-10H2,1-2H3,(H,18,20). The van der Waals surface area contributed by atoms with Gasteiger partial charge in [0.2, 0.25) is 15.9 Å². The van der Waals surface area contributed by atoms with Gasteiger partial charge in [0.15, 0.2) is 0 Å². The van der Waals surface area contributed by atoms with Gasteiger partial charge in [0, 0.05) is 24.5 Å². The first-order valence-electron chi connectivity index (χ1n) is 7.44. The number of carbonyl (C=O) groups is 1. The smallest absolute Gasteiger partial charge is 0.225 e. The van der Waals surface area contributed by atoms with E-state index in [1.807, 2.05) is 6.92 Å². The third-order valence-electron chi connectivity index (χ3n) is 3.27. The number of benzene rings is 1. The second-order valence-electron chi connectivity index (χ2n) is 5.29. The summed E-state index contributed by atoms with van der Waals surface area (Å²) in [5, 5.41) is 3.48. The van der Waals surface area contributed by atoms with Gasteiger partial charge in [-0.1, -0.05) is 43.0 Å². The highest BCUT2D eigenvalue weighted by Crippen LogP contribution is 2.25. The monoisotopic (exact) mass is 380 g/mol. The van der Waals surface area contributed by atoms with Crippen LogP contribution in [0.4, 0.5) is 5.69 Å². The Balaban J connectivity index is 2.57. The van der Waals surface area contributed by atoms with Crippen LogP contribution in [0.15, 0.2) is 18.2 Å². The predicted octanol–water partition coefficient (Wildman–Crippen LogP) is 3.77. The molecule has 0 saturated heterocycles. The largest absolute Gasteiger partial charge is 0.325 e. The number of anilines is 1. The topological polar surface area (TPSA) is 66.5 Å². The second kappa shape index (κ2) is 9.47. The van der Waals surface area contributed by atoms with E-state index in [0.29, 0.717) is 22.3 Å². The molecule has 5 nitrogen and oxygen atoms in total. The first-order valence-corrected chi connectivity index (χ1v) is 10.0. The fraction of sp³-hybridized carbons (Fsp3) is 0.533. The first kappa shape index (κ1) is 20.2. The number of sulfonamides is 1. The zero-order chi connectivity index (χ0) is 17.5. The Bertz CT molecular complexity index is 636. The minimum Gasteiger partial charge on any atom is -0.325 e. The van der Waals surface area contributed by atoms with Gasteiger partial charge in [-0.15, -0.1) is 0 Å². The van der Waals surface area contributed by atoms with Crippen LogP contribution in [-0.2, 0) is 14.8 Å². The van der Waals surface area contributed by atoms with Crippen molar-refractivity contribution in [2.75, 3.05) is 24.7 Å². The minimum atomic E-state index is -3.32. The quantitative estimate of drug-likeness (QED) is 0.662. The van der Waals surface area contributed by atoms with Crippen molar-refractivity contribution in [3.8, 4) is 0 Å². The summed E-state index contributed by atoms with van der Waals surface area (Å²) in [6, 6.07) is 4.76. The van der Waals surface area contributed by atoms with Crippen molar-refractivity contribution in [3.63, 3.8) is 0 Å². The third kappa shape index (κ3) is 7.52. The van der Waals surface area contributed by atoms with Crippen LogP contribution in [0.25, 0.3) is 0 Å². The van der Waals surface area contributed by atoms with Crippen molar-refractivity contribution in [1.29, 1.82) is 0 Å². The Morgan fingerprint density at radius 1 is 1.22 bits per heavy atom. The van der Waals surface area contributed by atoms with Crippen molar-refractivity contribution in [2.24, 2.45) is 0 Å². The van der Waals surface area contributed by atoms with Crippen LogP contribution in [0.3, 0.4) is 0 Å². The van der Waals surface area contributed by atoms with Gasteiger partial charge in [-0.3, -0.25) is 4.79 Å². The van der Waals surface area contributed by atoms with Gasteiger partial charge in [-0.25, -0.2) is 12.7 Å². The molecule has 0 atom stereocenters. The van der Waals surface area contributed by atoms with Gasteiger partial charge < -0.3 is 5.32 Å². The van der Waals surface area contributed by atoms with Crippen LogP contribution in [0.5, 0.6) is 0 Å². The van der Waals surface area contributed by atoms with Crippen LogP contribution >= 0.6 is 23.2 Å². The molecule has 1 aromatic rings. The van der Waals surface area contributed by atoms with E-state index in [9.17, 15) is 13.2 Å². The number of rotatable bonds is 9. The average Bonchev–Trinajstić information content (AvgIpc) is 2.44. The second-order valence-corrected chi connectivity index (χ2v) is 8.12. The van der Waals surface area contributed by atoms with E-state index in [1.165, 1.54) is 10.4 Å². The molecule has 0 saturated carbocycles. The molecule has 0 aliphatic heterocycles. The number of carbonyl (C=O) groups excluding carboxylic acids is 1. The maximum absolute atomic E-state index is 12.0. The lowest BCUT2D eigenvalue weighted by molar-refractivity contribution is -0.116. The molecular formula is C15H22Cl2N2O3S. The summed E-state index contributed by atoms with van der Waals surface area (Å²) in [5.41, 5.74) is 0.456. The molecule has 8 heteroatoms. The summed E-state index contributed by atoms with van der Waals surface area (Å²) in [6.45, 7) is 2.63. The lowest BCUT2D eigenvalue weighted by Crippen LogP contribution is -2.33. The number of amides is 1. The molecular weight excluding hydrogens is 359 g/mol. The fourth-order valence-electron chi connectivity index (χ4n) is 2.01. The van der Waals surface area contributed by atoms with Gasteiger partial charge in [0.25, 0.3) is 0 Å². The molecule has 0 aliphatic carbocycles. The normalized spacial score (nSPS) is 11.7. The van der Waals surface area contributed by atoms with Crippen molar-refractivity contribution < 1.29 is 13.2 Å². The first-order chi connectivity index (χ1) is 10.7. The van der Waals surface area contributed by atoms with Crippen LogP contribution in [0.2, 0.25) is 10.0 Å². The van der Waals surface area contributed by atoms with E-state index in [1.54, 1.807) is 12.1 Å². The van der Waals surface area contributed by atoms with E-state index >= 15 is 0 Å². The lowest BCUT2D eigenvalue weighted by Gasteiger charge is -2.19. The highest BCUT2D eigenvalue weighted by molar-refractivity contribution is 7.88. The van der Waals surface area contributed by atoms with Crippen molar-refractivity contribution in [2.45, 2.75) is 32.6 Å². The Morgan fingerprint density at radius 2 is 1.91 bits per heavy atom. The summed E-state index contributed by atoms with van der Waals surface area (Å²) in [5.74, 6) is -0.293. The molecule has 1 amide bonds. The zero-order valence-corrected chi connectivity index (χ0v) is 15.6. The van der Waals surface area contributed by atoms with E-state index in [2.05, 4.69) is 5.32 Å². The summed E-state index contributed by atoms with van der Waals surface area (Å²) in [6.07, 6.45) is 3.98. The molecule has 0 aromatic heterocycles. The lowest BCUT2D eigenvalue weighted by atomic mass is 10.2. The van der Waals surface area contributed by atoms with Crippen LogP contribution in [0.1, 0.15) is 32.6 Å². The number of unbranched alkanes of at least 4 members (excludes halogenated alkanes) is 2. The number of nitrogens with one attached hydrogen (secondary N) is 1. The summed E-state index contributed by atoms with van der Waals surface area (Å²) in [4.78, 5) is 12.0. The molecule has 130 valence electrons. The molecule has 1 N–H and O–H groups in total. The van der Waals surface area contributed by atoms with Crippen LogP contribution < -0.4 is 5.32 Å². The van der Waals surface area contributed by atoms with E-state index in [-0.39, 0.29) is 18.9 Å². The zero-order valence-electron chi connectivity index (χ0n) is 13.3. The number of nitrogens with zero attached hydrogens (tertiary/aromatic N) is 1. The van der Waals surface area contributed by atoms with E-state index < -0.39 is 10.0 Å². The van der Waals surface area contributed by atoms with Crippen LogP contribution in [-0.4, -0.2) is 38.0 Å². The molecule has 23 heavy (non-hydrogen) atoms. The predicted molar refractivity (Wildman–Crippen MR) is 95.7 cm³/mol. The maximum Gasteiger partial charge on any atom is 0.225 e. The fourth-order valence-corrected chi connectivity index (χ4v) is 3.35. The summed E-state index contributed by atoms with van der Waals surface area (Å²) >= 11 is 11.8.